The van der Waals surface area contributed by atoms with Crippen LogP contribution in [0.1, 0.15) is 39.4 Å². The molecule has 0 fully saturated rings. The molecule has 2 heteroatoms. The maximum Gasteiger partial charge on any atom is 0.121 e. The van der Waals surface area contributed by atoms with Crippen LogP contribution in [0.5, 0.6) is 5.75 Å². The first-order valence-corrected chi connectivity index (χ1v) is 7.37. The Morgan fingerprint density at radius 2 is 1.52 bits per heavy atom. The highest BCUT2D eigenvalue weighted by atomic mass is 16.5. The zero-order valence-corrected chi connectivity index (χ0v) is 13.9. The van der Waals surface area contributed by atoms with Crippen molar-refractivity contribution in [2.24, 2.45) is 0 Å². The molecule has 0 amide bonds. The van der Waals surface area contributed by atoms with Crippen molar-refractivity contribution in [3.8, 4) is 5.75 Å². The van der Waals surface area contributed by atoms with Gasteiger partial charge in [0.25, 0.3) is 0 Å². The second kappa shape index (κ2) is 6.31. The number of benzene rings is 2. The van der Waals surface area contributed by atoms with E-state index in [9.17, 15) is 0 Å². The minimum absolute atomic E-state index is 0.203. The summed E-state index contributed by atoms with van der Waals surface area (Å²) >= 11 is 0. The normalized spacial score (nSPS) is 12.3. The van der Waals surface area contributed by atoms with Gasteiger partial charge in [0, 0.05) is 0 Å². The molecule has 2 rings (SSSR count). The summed E-state index contributed by atoms with van der Waals surface area (Å²) in [4.78, 5) is 0. The molecule has 0 bridgehead atoms. The molecule has 0 spiro atoms. The molecule has 0 saturated heterocycles. The van der Waals surface area contributed by atoms with Crippen molar-refractivity contribution < 1.29 is 4.74 Å². The third kappa shape index (κ3) is 3.11. The second-order valence-electron chi connectivity index (χ2n) is 5.74. The van der Waals surface area contributed by atoms with E-state index in [0.29, 0.717) is 0 Å². The molecule has 112 valence electrons. The summed E-state index contributed by atoms with van der Waals surface area (Å²) in [6.45, 7) is 8.60. The molecule has 0 radical (unpaired) electrons. The van der Waals surface area contributed by atoms with Crippen molar-refractivity contribution in [1.82, 2.24) is 5.32 Å². The summed E-state index contributed by atoms with van der Waals surface area (Å²) < 4.78 is 5.36. The largest absolute Gasteiger partial charge is 0.496 e. The summed E-state index contributed by atoms with van der Waals surface area (Å²) in [5.41, 5.74) is 7.77. The Hall–Kier alpha value is -1.80. The fourth-order valence-electron chi connectivity index (χ4n) is 2.88. The molecule has 0 aromatic heterocycles. The predicted octanol–water partition coefficient (Wildman–Crippen LogP) is 4.24. The minimum atomic E-state index is 0.203. The van der Waals surface area contributed by atoms with Crippen molar-refractivity contribution in [3.05, 3.63) is 63.7 Å². The Morgan fingerprint density at radius 3 is 2.10 bits per heavy atom. The van der Waals surface area contributed by atoms with Crippen LogP contribution in [0.15, 0.2) is 30.3 Å². The second-order valence-corrected chi connectivity index (χ2v) is 5.74. The number of hydrogen-bond acceptors (Lipinski definition) is 2. The molecule has 0 heterocycles. The molecule has 2 nitrogen and oxygen atoms in total. The molecular weight excluding hydrogens is 258 g/mol. The highest BCUT2D eigenvalue weighted by Gasteiger charge is 2.16. The van der Waals surface area contributed by atoms with Gasteiger partial charge in [-0.05, 0) is 74.2 Å². The molecule has 0 aliphatic carbocycles. The zero-order chi connectivity index (χ0) is 15.6. The molecule has 2 aromatic carbocycles. The van der Waals surface area contributed by atoms with Crippen LogP contribution in [0.3, 0.4) is 0 Å². The molecule has 21 heavy (non-hydrogen) atoms. The van der Waals surface area contributed by atoms with E-state index in [1.165, 1.54) is 27.8 Å². The molecule has 1 unspecified atom stereocenters. The van der Waals surface area contributed by atoms with Crippen LogP contribution in [-0.2, 0) is 0 Å². The molecule has 0 aliphatic heterocycles. The summed E-state index contributed by atoms with van der Waals surface area (Å²) in [6.07, 6.45) is 0. The van der Waals surface area contributed by atoms with Gasteiger partial charge in [-0.2, -0.15) is 0 Å². The molecular formula is C19H25NO. The van der Waals surface area contributed by atoms with E-state index in [1.54, 1.807) is 7.11 Å². The SMILES string of the molecule is CNC(c1ccc(OC)c(C)c1)c1cc(C)c(C)cc1C. The van der Waals surface area contributed by atoms with E-state index >= 15 is 0 Å². The topological polar surface area (TPSA) is 21.3 Å². The van der Waals surface area contributed by atoms with Crippen molar-refractivity contribution in [2.75, 3.05) is 14.2 Å². The maximum atomic E-state index is 5.36. The quantitative estimate of drug-likeness (QED) is 0.906. The van der Waals surface area contributed by atoms with Crippen LogP contribution in [0.2, 0.25) is 0 Å². The third-order valence-corrected chi connectivity index (χ3v) is 4.23. The standard InChI is InChI=1S/C19H25NO/c1-12-9-14(3)17(11-13(12)2)19(20-5)16-7-8-18(21-6)15(4)10-16/h7-11,19-20H,1-6H3. The summed E-state index contributed by atoms with van der Waals surface area (Å²) in [6, 6.07) is 11.2. The van der Waals surface area contributed by atoms with Gasteiger partial charge in [0.15, 0.2) is 0 Å². The average molecular weight is 283 g/mol. The van der Waals surface area contributed by atoms with Gasteiger partial charge in [0.1, 0.15) is 5.75 Å². The monoisotopic (exact) mass is 283 g/mol. The van der Waals surface area contributed by atoms with Gasteiger partial charge in [-0.25, -0.2) is 0 Å². The van der Waals surface area contributed by atoms with Gasteiger partial charge in [-0.15, -0.1) is 0 Å². The van der Waals surface area contributed by atoms with E-state index in [1.807, 2.05) is 13.1 Å². The van der Waals surface area contributed by atoms with Crippen LogP contribution in [-0.4, -0.2) is 14.2 Å². The summed E-state index contributed by atoms with van der Waals surface area (Å²) in [5.74, 6) is 0.936. The van der Waals surface area contributed by atoms with Crippen LogP contribution < -0.4 is 10.1 Å². The van der Waals surface area contributed by atoms with Crippen molar-refractivity contribution in [1.29, 1.82) is 0 Å². The number of ether oxygens (including phenoxy) is 1. The van der Waals surface area contributed by atoms with Crippen LogP contribution in [0.25, 0.3) is 0 Å². The third-order valence-electron chi connectivity index (χ3n) is 4.23. The van der Waals surface area contributed by atoms with E-state index in [0.717, 1.165) is 11.3 Å². The summed E-state index contributed by atoms with van der Waals surface area (Å²) in [7, 11) is 3.73. The van der Waals surface area contributed by atoms with E-state index in [-0.39, 0.29) is 6.04 Å². The highest BCUT2D eigenvalue weighted by molar-refractivity contribution is 5.45. The zero-order valence-electron chi connectivity index (χ0n) is 13.9. The number of methoxy groups -OCH3 is 1. The lowest BCUT2D eigenvalue weighted by Crippen LogP contribution is -2.19. The first kappa shape index (κ1) is 15.6. The first-order valence-electron chi connectivity index (χ1n) is 7.37. The Morgan fingerprint density at radius 1 is 0.857 bits per heavy atom. The number of hydrogen-bond donors (Lipinski definition) is 1. The molecule has 1 atom stereocenters. The van der Waals surface area contributed by atoms with Crippen molar-refractivity contribution >= 4 is 0 Å². The Kier molecular flexibility index (Phi) is 4.69. The lowest BCUT2D eigenvalue weighted by atomic mass is 9.91. The van der Waals surface area contributed by atoms with Crippen LogP contribution in [0, 0.1) is 27.7 Å². The van der Waals surface area contributed by atoms with Gasteiger partial charge in [0.05, 0.1) is 13.2 Å². The van der Waals surface area contributed by atoms with E-state index in [4.69, 9.17) is 4.74 Å². The van der Waals surface area contributed by atoms with Gasteiger partial charge in [-0.3, -0.25) is 0 Å². The Labute approximate surface area is 128 Å². The van der Waals surface area contributed by atoms with Gasteiger partial charge < -0.3 is 10.1 Å². The van der Waals surface area contributed by atoms with Gasteiger partial charge in [-0.1, -0.05) is 24.3 Å². The fraction of sp³-hybridized carbons (Fsp3) is 0.368. The smallest absolute Gasteiger partial charge is 0.121 e. The first-order chi connectivity index (χ1) is 9.97. The van der Waals surface area contributed by atoms with Crippen molar-refractivity contribution in [3.63, 3.8) is 0 Å². The number of nitrogens with one attached hydrogen (secondary N) is 1. The molecule has 0 aliphatic rings. The Bertz CT molecular complexity index is 646. The number of aryl methyl sites for hydroxylation is 4. The lowest BCUT2D eigenvalue weighted by Gasteiger charge is -2.22. The van der Waals surface area contributed by atoms with Crippen LogP contribution >= 0.6 is 0 Å². The molecule has 1 N–H and O–H groups in total. The average Bonchev–Trinajstić information content (AvgIpc) is 2.45. The molecule has 2 aromatic rings. The van der Waals surface area contributed by atoms with Gasteiger partial charge in [0.2, 0.25) is 0 Å². The van der Waals surface area contributed by atoms with E-state index < -0.39 is 0 Å². The van der Waals surface area contributed by atoms with Crippen LogP contribution in [0.4, 0.5) is 0 Å². The summed E-state index contributed by atoms with van der Waals surface area (Å²) in [5, 5.41) is 3.45. The lowest BCUT2D eigenvalue weighted by molar-refractivity contribution is 0.411. The molecule has 0 saturated carbocycles. The fourth-order valence-corrected chi connectivity index (χ4v) is 2.88. The Balaban J connectivity index is 2.49. The van der Waals surface area contributed by atoms with E-state index in [2.05, 4.69) is 57.3 Å². The predicted molar refractivity (Wildman–Crippen MR) is 89.3 cm³/mol. The van der Waals surface area contributed by atoms with Gasteiger partial charge >= 0.3 is 0 Å². The highest BCUT2D eigenvalue weighted by Crippen LogP contribution is 2.29. The number of rotatable bonds is 4. The maximum absolute atomic E-state index is 5.36. The van der Waals surface area contributed by atoms with Crippen molar-refractivity contribution in [2.45, 2.75) is 33.7 Å². The minimum Gasteiger partial charge on any atom is -0.496 e.